The van der Waals surface area contributed by atoms with E-state index in [-0.39, 0.29) is 11.9 Å². The number of fused-ring (bicyclic) bond motifs is 1. The minimum Gasteiger partial charge on any atom is -0.307 e. The quantitative estimate of drug-likeness (QED) is 0.779. The van der Waals surface area contributed by atoms with Gasteiger partial charge in [0, 0.05) is 11.6 Å². The van der Waals surface area contributed by atoms with Crippen molar-refractivity contribution in [3.63, 3.8) is 0 Å². The predicted octanol–water partition coefficient (Wildman–Crippen LogP) is 4.07. The number of benzene rings is 2. The van der Waals surface area contributed by atoms with Crippen LogP contribution < -0.4 is 5.32 Å². The first-order valence-corrected chi connectivity index (χ1v) is 7.11. The molecule has 1 heterocycles. The molecule has 0 saturated heterocycles. The molecule has 3 rings (SSSR count). The molecule has 0 fully saturated rings. The molecule has 0 saturated carbocycles. The van der Waals surface area contributed by atoms with Crippen molar-refractivity contribution in [2.75, 3.05) is 6.54 Å². The lowest BCUT2D eigenvalue weighted by molar-refractivity contribution is 0.614. The third-order valence-electron chi connectivity index (χ3n) is 3.57. The maximum atomic E-state index is 13.1. The van der Waals surface area contributed by atoms with Gasteiger partial charge >= 0.3 is 0 Å². The monoisotopic (exact) mass is 280 g/mol. The highest BCUT2D eigenvalue weighted by Crippen LogP contribution is 2.25. The van der Waals surface area contributed by atoms with Crippen molar-refractivity contribution in [2.45, 2.75) is 13.0 Å². The first-order valence-electron chi connectivity index (χ1n) is 7.11. The van der Waals surface area contributed by atoms with E-state index in [1.54, 1.807) is 6.20 Å². The van der Waals surface area contributed by atoms with E-state index in [1.165, 1.54) is 12.1 Å². The van der Waals surface area contributed by atoms with Crippen LogP contribution in [-0.2, 0) is 0 Å². The molecule has 0 aliphatic carbocycles. The summed E-state index contributed by atoms with van der Waals surface area (Å²) >= 11 is 0. The molecular formula is C18H17FN2. The Morgan fingerprint density at radius 1 is 1.05 bits per heavy atom. The van der Waals surface area contributed by atoms with Gasteiger partial charge < -0.3 is 5.32 Å². The minimum absolute atomic E-state index is 0.0557. The van der Waals surface area contributed by atoms with E-state index in [4.69, 9.17) is 0 Å². The molecule has 0 amide bonds. The molecular weight excluding hydrogens is 263 g/mol. The highest BCUT2D eigenvalue weighted by Gasteiger charge is 2.13. The van der Waals surface area contributed by atoms with Crippen LogP contribution in [0.1, 0.15) is 24.1 Å². The summed E-state index contributed by atoms with van der Waals surface area (Å²) in [7, 11) is 0. The van der Waals surface area contributed by atoms with Crippen molar-refractivity contribution in [1.82, 2.24) is 10.3 Å². The molecule has 106 valence electrons. The third kappa shape index (κ3) is 2.93. The van der Waals surface area contributed by atoms with Gasteiger partial charge in [0.2, 0.25) is 0 Å². The van der Waals surface area contributed by atoms with Crippen LogP contribution in [-0.4, -0.2) is 11.5 Å². The number of halogens is 1. The molecule has 2 nitrogen and oxygen atoms in total. The van der Waals surface area contributed by atoms with Crippen LogP contribution in [0.4, 0.5) is 4.39 Å². The Kier molecular flexibility index (Phi) is 3.93. The van der Waals surface area contributed by atoms with Crippen molar-refractivity contribution in [3.8, 4) is 0 Å². The third-order valence-corrected chi connectivity index (χ3v) is 3.57. The topological polar surface area (TPSA) is 24.9 Å². The van der Waals surface area contributed by atoms with Crippen LogP contribution in [0, 0.1) is 5.82 Å². The number of hydrogen-bond acceptors (Lipinski definition) is 2. The minimum atomic E-state index is -0.211. The predicted molar refractivity (Wildman–Crippen MR) is 83.7 cm³/mol. The Labute approximate surface area is 123 Å². The van der Waals surface area contributed by atoms with Gasteiger partial charge in [0.1, 0.15) is 5.82 Å². The van der Waals surface area contributed by atoms with E-state index >= 15 is 0 Å². The lowest BCUT2D eigenvalue weighted by Crippen LogP contribution is -2.21. The van der Waals surface area contributed by atoms with Gasteiger partial charge in [-0.1, -0.05) is 31.2 Å². The van der Waals surface area contributed by atoms with Crippen molar-refractivity contribution in [1.29, 1.82) is 0 Å². The summed E-state index contributed by atoms with van der Waals surface area (Å²) in [6, 6.07) is 17.0. The smallest absolute Gasteiger partial charge is 0.123 e. The Bertz CT molecular complexity index is 738. The maximum absolute atomic E-state index is 13.1. The first-order chi connectivity index (χ1) is 10.3. The van der Waals surface area contributed by atoms with Gasteiger partial charge in [-0.25, -0.2) is 4.39 Å². The second-order valence-corrected chi connectivity index (χ2v) is 5.00. The second-order valence-electron chi connectivity index (χ2n) is 5.00. The van der Waals surface area contributed by atoms with Crippen LogP contribution in [0.15, 0.2) is 60.8 Å². The molecule has 1 N–H and O–H groups in total. The fourth-order valence-corrected chi connectivity index (χ4v) is 2.56. The van der Waals surface area contributed by atoms with E-state index in [9.17, 15) is 4.39 Å². The highest BCUT2D eigenvalue weighted by atomic mass is 19.1. The molecule has 0 radical (unpaired) electrons. The van der Waals surface area contributed by atoms with Crippen LogP contribution in [0.25, 0.3) is 10.9 Å². The molecule has 1 atom stereocenters. The number of nitrogens with one attached hydrogen (secondary N) is 1. The lowest BCUT2D eigenvalue weighted by Gasteiger charge is -2.19. The van der Waals surface area contributed by atoms with Gasteiger partial charge in [-0.3, -0.25) is 4.98 Å². The SMILES string of the molecule is CCNC(c1ccc(F)cc1)c1ccc2ncccc2c1. The maximum Gasteiger partial charge on any atom is 0.123 e. The molecule has 0 spiro atoms. The van der Waals surface area contributed by atoms with E-state index in [1.807, 2.05) is 24.3 Å². The van der Waals surface area contributed by atoms with Crippen LogP contribution in [0.5, 0.6) is 0 Å². The molecule has 3 heteroatoms. The molecule has 3 aromatic rings. The van der Waals surface area contributed by atoms with E-state index < -0.39 is 0 Å². The van der Waals surface area contributed by atoms with Gasteiger partial charge in [-0.2, -0.15) is 0 Å². The number of aromatic nitrogens is 1. The van der Waals surface area contributed by atoms with E-state index in [0.29, 0.717) is 0 Å². The van der Waals surface area contributed by atoms with Gasteiger partial charge in [-0.05, 0) is 48.0 Å². The Hall–Kier alpha value is -2.26. The summed E-state index contributed by atoms with van der Waals surface area (Å²) in [5.74, 6) is -0.211. The molecule has 2 aromatic carbocycles. The molecule has 0 aliphatic heterocycles. The number of rotatable bonds is 4. The van der Waals surface area contributed by atoms with Crippen LogP contribution >= 0.6 is 0 Å². The molecule has 0 aliphatic rings. The lowest BCUT2D eigenvalue weighted by atomic mass is 9.97. The Morgan fingerprint density at radius 3 is 2.57 bits per heavy atom. The Balaban J connectivity index is 2.04. The summed E-state index contributed by atoms with van der Waals surface area (Å²) in [6.45, 7) is 2.91. The zero-order valence-electron chi connectivity index (χ0n) is 11.9. The average molecular weight is 280 g/mol. The first kappa shape index (κ1) is 13.7. The summed E-state index contributed by atoms with van der Waals surface area (Å²) in [5, 5.41) is 4.57. The molecule has 0 bridgehead atoms. The molecule has 1 unspecified atom stereocenters. The fraction of sp³-hybridized carbons (Fsp3) is 0.167. The highest BCUT2D eigenvalue weighted by molar-refractivity contribution is 5.79. The van der Waals surface area contributed by atoms with Crippen molar-refractivity contribution in [3.05, 3.63) is 77.7 Å². The van der Waals surface area contributed by atoms with Crippen molar-refractivity contribution in [2.24, 2.45) is 0 Å². The summed E-state index contributed by atoms with van der Waals surface area (Å²) in [6.07, 6.45) is 1.80. The zero-order valence-corrected chi connectivity index (χ0v) is 11.9. The molecule has 21 heavy (non-hydrogen) atoms. The van der Waals surface area contributed by atoms with Crippen LogP contribution in [0.2, 0.25) is 0 Å². The average Bonchev–Trinajstić information content (AvgIpc) is 2.53. The number of pyridine rings is 1. The zero-order chi connectivity index (χ0) is 14.7. The summed E-state index contributed by atoms with van der Waals surface area (Å²) < 4.78 is 13.1. The van der Waals surface area contributed by atoms with Crippen molar-refractivity contribution >= 4 is 10.9 Å². The fourth-order valence-electron chi connectivity index (χ4n) is 2.56. The van der Waals surface area contributed by atoms with Gasteiger partial charge in [0.25, 0.3) is 0 Å². The largest absolute Gasteiger partial charge is 0.307 e. The normalized spacial score (nSPS) is 12.5. The molecule has 1 aromatic heterocycles. The van der Waals surface area contributed by atoms with Crippen LogP contribution in [0.3, 0.4) is 0 Å². The number of hydrogen-bond donors (Lipinski definition) is 1. The number of nitrogens with zero attached hydrogens (tertiary/aromatic N) is 1. The van der Waals surface area contributed by atoms with Gasteiger partial charge in [0.15, 0.2) is 0 Å². The van der Waals surface area contributed by atoms with Crippen molar-refractivity contribution < 1.29 is 4.39 Å². The standard InChI is InChI=1S/C18H17FN2/c1-2-20-18(13-5-8-16(19)9-6-13)15-7-10-17-14(12-15)4-3-11-21-17/h3-12,18,20H,2H2,1H3. The Morgan fingerprint density at radius 2 is 1.81 bits per heavy atom. The summed E-state index contributed by atoms with van der Waals surface area (Å²) in [5.41, 5.74) is 3.20. The van der Waals surface area contributed by atoms with Gasteiger partial charge in [-0.15, -0.1) is 0 Å². The van der Waals surface area contributed by atoms with Gasteiger partial charge in [0.05, 0.1) is 11.6 Å². The van der Waals surface area contributed by atoms with E-state index in [0.717, 1.165) is 28.6 Å². The second kappa shape index (κ2) is 6.02. The summed E-state index contributed by atoms with van der Waals surface area (Å²) in [4.78, 5) is 4.34. The van der Waals surface area contributed by atoms with E-state index in [2.05, 4.69) is 35.4 Å².